The van der Waals surface area contributed by atoms with Crippen LogP contribution in [-0.2, 0) is 19.6 Å². The summed E-state index contributed by atoms with van der Waals surface area (Å²) < 4.78 is 33.6. The number of morpholine rings is 1. The largest absolute Gasteiger partial charge is 0.371 e. The minimum atomic E-state index is -3.58. The van der Waals surface area contributed by atoms with Crippen LogP contribution >= 0.6 is 0 Å². The van der Waals surface area contributed by atoms with Crippen LogP contribution in [-0.4, -0.2) is 52.0 Å². The summed E-state index contributed by atoms with van der Waals surface area (Å²) in [5.41, 5.74) is 1.75. The Morgan fingerprint density at radius 3 is 2.52 bits per heavy atom. The predicted octanol–water partition coefficient (Wildman–Crippen LogP) is 3.02. The average Bonchev–Trinajstić information content (AvgIpc) is 2.78. The van der Waals surface area contributed by atoms with Crippen molar-refractivity contribution >= 4 is 21.6 Å². The van der Waals surface area contributed by atoms with Gasteiger partial charge < -0.3 is 10.1 Å². The number of rotatable bonds is 9. The number of hydrogen-bond donors (Lipinski definition) is 2. The number of ether oxygens (including phenoxy) is 1. The Labute approximate surface area is 184 Å². The SMILES string of the molecule is CC(C)C(=O)Nc1ccc(S(=O)(=O)NCCCN2CCOC(c3ccccc3)C2)cc1. The number of hydrogen-bond acceptors (Lipinski definition) is 5. The van der Waals surface area contributed by atoms with Crippen molar-refractivity contribution in [2.45, 2.75) is 31.3 Å². The van der Waals surface area contributed by atoms with Crippen molar-refractivity contribution in [2.24, 2.45) is 5.92 Å². The molecule has 8 heteroatoms. The first kappa shape index (κ1) is 23.4. The molecule has 0 aliphatic carbocycles. The van der Waals surface area contributed by atoms with Gasteiger partial charge in [0.1, 0.15) is 0 Å². The van der Waals surface area contributed by atoms with Gasteiger partial charge in [-0.2, -0.15) is 0 Å². The van der Waals surface area contributed by atoms with E-state index >= 15 is 0 Å². The fraction of sp³-hybridized carbons (Fsp3) is 0.435. The molecule has 1 amide bonds. The number of amides is 1. The molecule has 1 aliphatic heterocycles. The molecule has 7 nitrogen and oxygen atoms in total. The molecule has 0 aromatic heterocycles. The van der Waals surface area contributed by atoms with E-state index in [0.717, 1.165) is 19.6 Å². The highest BCUT2D eigenvalue weighted by molar-refractivity contribution is 7.89. The second-order valence-electron chi connectivity index (χ2n) is 7.99. The lowest BCUT2D eigenvalue weighted by molar-refractivity contribution is -0.118. The van der Waals surface area contributed by atoms with Crippen LogP contribution in [0.2, 0.25) is 0 Å². The van der Waals surface area contributed by atoms with Gasteiger partial charge in [0, 0.05) is 31.2 Å². The highest BCUT2D eigenvalue weighted by Gasteiger charge is 2.21. The zero-order valence-electron chi connectivity index (χ0n) is 18.1. The van der Waals surface area contributed by atoms with Crippen LogP contribution in [0.15, 0.2) is 59.5 Å². The number of benzene rings is 2. The zero-order chi connectivity index (χ0) is 22.3. The van der Waals surface area contributed by atoms with Gasteiger partial charge in [-0.15, -0.1) is 0 Å². The molecule has 1 unspecified atom stereocenters. The Morgan fingerprint density at radius 1 is 1.13 bits per heavy atom. The second kappa shape index (κ2) is 10.9. The van der Waals surface area contributed by atoms with Gasteiger partial charge in [0.05, 0.1) is 17.6 Å². The fourth-order valence-corrected chi connectivity index (χ4v) is 4.45. The van der Waals surface area contributed by atoms with Gasteiger partial charge in [-0.1, -0.05) is 44.2 Å². The van der Waals surface area contributed by atoms with E-state index in [4.69, 9.17) is 4.74 Å². The molecule has 0 spiro atoms. The first-order valence-electron chi connectivity index (χ1n) is 10.6. The number of nitrogens with one attached hydrogen (secondary N) is 2. The van der Waals surface area contributed by atoms with Crippen molar-refractivity contribution < 1.29 is 17.9 Å². The third kappa shape index (κ3) is 6.87. The molecule has 0 saturated carbocycles. The lowest BCUT2D eigenvalue weighted by atomic mass is 10.1. The van der Waals surface area contributed by atoms with Gasteiger partial charge in [-0.05, 0) is 42.8 Å². The van der Waals surface area contributed by atoms with E-state index in [2.05, 4.69) is 27.1 Å². The zero-order valence-corrected chi connectivity index (χ0v) is 18.9. The fourth-order valence-electron chi connectivity index (χ4n) is 3.37. The summed E-state index contributed by atoms with van der Waals surface area (Å²) in [6.07, 6.45) is 0.768. The number of anilines is 1. The normalized spacial score (nSPS) is 17.6. The Morgan fingerprint density at radius 2 is 1.84 bits per heavy atom. The minimum Gasteiger partial charge on any atom is -0.371 e. The first-order chi connectivity index (χ1) is 14.8. The number of sulfonamides is 1. The molecule has 1 heterocycles. The number of carbonyl (C=O) groups is 1. The lowest BCUT2D eigenvalue weighted by Crippen LogP contribution is -2.39. The molecule has 31 heavy (non-hydrogen) atoms. The molecule has 168 valence electrons. The predicted molar refractivity (Wildman–Crippen MR) is 121 cm³/mol. The smallest absolute Gasteiger partial charge is 0.240 e. The molecular weight excluding hydrogens is 414 g/mol. The molecule has 0 radical (unpaired) electrons. The summed E-state index contributed by atoms with van der Waals surface area (Å²) in [5, 5.41) is 2.75. The van der Waals surface area contributed by atoms with Gasteiger partial charge in [0.2, 0.25) is 15.9 Å². The van der Waals surface area contributed by atoms with Gasteiger partial charge in [-0.25, -0.2) is 13.1 Å². The van der Waals surface area contributed by atoms with Crippen LogP contribution in [0.3, 0.4) is 0 Å². The van der Waals surface area contributed by atoms with E-state index in [0.29, 0.717) is 25.3 Å². The van der Waals surface area contributed by atoms with Crippen molar-refractivity contribution in [2.75, 3.05) is 38.1 Å². The number of carbonyl (C=O) groups excluding carboxylic acids is 1. The Bertz CT molecular complexity index is 947. The maximum Gasteiger partial charge on any atom is 0.240 e. The molecule has 0 bridgehead atoms. The first-order valence-corrected chi connectivity index (χ1v) is 12.1. The topological polar surface area (TPSA) is 87.7 Å². The molecule has 2 N–H and O–H groups in total. The van der Waals surface area contributed by atoms with Gasteiger partial charge in [0.25, 0.3) is 0 Å². The standard InChI is InChI=1S/C23H31N3O4S/c1-18(2)23(27)25-20-9-11-21(12-10-20)31(28,29)24-13-6-14-26-15-16-30-22(17-26)19-7-4-3-5-8-19/h3-5,7-12,18,22,24H,6,13-17H2,1-2H3,(H,25,27). The van der Waals surface area contributed by atoms with Crippen molar-refractivity contribution in [1.29, 1.82) is 0 Å². The van der Waals surface area contributed by atoms with Crippen LogP contribution in [0.5, 0.6) is 0 Å². The third-order valence-electron chi connectivity index (χ3n) is 5.22. The summed E-state index contributed by atoms with van der Waals surface area (Å²) in [4.78, 5) is 14.2. The molecule has 2 aromatic rings. The molecule has 1 atom stereocenters. The van der Waals surface area contributed by atoms with Crippen LogP contribution in [0.1, 0.15) is 31.9 Å². The number of nitrogens with zero attached hydrogens (tertiary/aromatic N) is 1. The van der Waals surface area contributed by atoms with E-state index in [1.165, 1.54) is 17.7 Å². The van der Waals surface area contributed by atoms with E-state index < -0.39 is 10.0 Å². The van der Waals surface area contributed by atoms with Crippen LogP contribution in [0.25, 0.3) is 0 Å². The third-order valence-corrected chi connectivity index (χ3v) is 6.70. The summed E-state index contributed by atoms with van der Waals surface area (Å²) in [7, 11) is -3.58. The van der Waals surface area contributed by atoms with Crippen molar-refractivity contribution in [3.05, 3.63) is 60.2 Å². The maximum absolute atomic E-state index is 12.5. The summed E-state index contributed by atoms with van der Waals surface area (Å²) in [6.45, 7) is 7.09. The van der Waals surface area contributed by atoms with Crippen molar-refractivity contribution in [3.63, 3.8) is 0 Å². The maximum atomic E-state index is 12.5. The molecule has 2 aromatic carbocycles. The summed E-state index contributed by atoms with van der Waals surface area (Å²) >= 11 is 0. The summed E-state index contributed by atoms with van der Waals surface area (Å²) in [6, 6.07) is 16.4. The Kier molecular flexibility index (Phi) is 8.20. The van der Waals surface area contributed by atoms with E-state index in [9.17, 15) is 13.2 Å². The van der Waals surface area contributed by atoms with Crippen molar-refractivity contribution in [3.8, 4) is 0 Å². The minimum absolute atomic E-state index is 0.0568. The Hall–Kier alpha value is -2.26. The molecule has 1 saturated heterocycles. The van der Waals surface area contributed by atoms with E-state index in [1.807, 2.05) is 18.2 Å². The monoisotopic (exact) mass is 445 g/mol. The molecule has 3 rings (SSSR count). The summed E-state index contributed by atoms with van der Waals surface area (Å²) in [5.74, 6) is -0.245. The molecular formula is C23H31N3O4S. The van der Waals surface area contributed by atoms with Crippen LogP contribution < -0.4 is 10.0 Å². The van der Waals surface area contributed by atoms with Crippen LogP contribution in [0.4, 0.5) is 5.69 Å². The van der Waals surface area contributed by atoms with Crippen molar-refractivity contribution in [1.82, 2.24) is 9.62 Å². The lowest BCUT2D eigenvalue weighted by Gasteiger charge is -2.33. The van der Waals surface area contributed by atoms with Gasteiger partial charge in [0.15, 0.2) is 0 Å². The molecule has 1 fully saturated rings. The highest BCUT2D eigenvalue weighted by Crippen LogP contribution is 2.22. The quantitative estimate of drug-likeness (QED) is 0.580. The van der Waals surface area contributed by atoms with E-state index in [1.54, 1.807) is 26.0 Å². The van der Waals surface area contributed by atoms with Gasteiger partial charge in [-0.3, -0.25) is 9.69 Å². The van der Waals surface area contributed by atoms with E-state index in [-0.39, 0.29) is 22.8 Å². The Balaban J connectivity index is 1.45. The second-order valence-corrected chi connectivity index (χ2v) is 9.76. The van der Waals surface area contributed by atoms with Crippen LogP contribution in [0, 0.1) is 5.92 Å². The van der Waals surface area contributed by atoms with Gasteiger partial charge >= 0.3 is 0 Å². The highest BCUT2D eigenvalue weighted by atomic mass is 32.2. The average molecular weight is 446 g/mol. The molecule has 1 aliphatic rings.